The Balaban J connectivity index is 2.47. The normalized spacial score (nSPS) is 10.5. The monoisotopic (exact) mass is 349 g/mol. The summed E-state index contributed by atoms with van der Waals surface area (Å²) in [6, 6.07) is 6.65. The molecule has 0 fully saturated rings. The third kappa shape index (κ3) is 2.50. The Labute approximate surface area is 120 Å². The summed E-state index contributed by atoms with van der Waals surface area (Å²) in [5, 5.41) is 0.373. The molecule has 2 aromatic rings. The Morgan fingerprint density at radius 2 is 2.06 bits per heavy atom. The smallest absolute Gasteiger partial charge is 0.205 e. The van der Waals surface area contributed by atoms with Gasteiger partial charge in [-0.1, -0.05) is 29.3 Å². The van der Waals surface area contributed by atoms with Gasteiger partial charge in [0.25, 0.3) is 0 Å². The molecule has 0 unspecified atom stereocenters. The van der Waals surface area contributed by atoms with E-state index in [9.17, 15) is 4.79 Å². The lowest BCUT2D eigenvalue weighted by Crippen LogP contribution is -2.03. The molecule has 0 spiro atoms. The number of halogens is 3. The molecule has 1 aromatic carbocycles. The van der Waals surface area contributed by atoms with Crippen LogP contribution >= 0.6 is 50.5 Å². The average molecular weight is 351 g/mol. The number of carbonyl (C=O) groups is 1. The number of hydrogen-bond acceptors (Lipinski definition) is 3. The van der Waals surface area contributed by atoms with Crippen LogP contribution in [0.2, 0.25) is 9.36 Å². The van der Waals surface area contributed by atoms with Gasteiger partial charge in [-0.15, -0.1) is 11.3 Å². The molecule has 0 bridgehead atoms. The van der Waals surface area contributed by atoms with Gasteiger partial charge in [0.05, 0.1) is 15.6 Å². The van der Waals surface area contributed by atoms with E-state index in [1.165, 1.54) is 11.3 Å². The predicted molar refractivity (Wildman–Crippen MR) is 76.3 cm³/mol. The molecule has 1 heterocycles. The molecule has 0 aliphatic carbocycles. The third-order valence-corrected chi connectivity index (χ3v) is 4.97. The van der Waals surface area contributed by atoms with Crippen molar-refractivity contribution in [1.29, 1.82) is 0 Å². The zero-order valence-corrected chi connectivity index (χ0v) is 12.3. The first-order valence-corrected chi connectivity index (χ1v) is 6.90. The standard InChI is InChI=1S/C11H6BrCl2NOS/c12-6-4-8(17-11(6)14)10(16)5-2-1-3-7(13)9(5)15/h1-4H,15H2. The largest absolute Gasteiger partial charge is 0.397 e. The molecule has 2 rings (SSSR count). The van der Waals surface area contributed by atoms with E-state index < -0.39 is 0 Å². The minimum atomic E-state index is -0.178. The van der Waals surface area contributed by atoms with E-state index in [2.05, 4.69) is 15.9 Å². The molecule has 0 amide bonds. The van der Waals surface area contributed by atoms with Crippen LogP contribution in [0.1, 0.15) is 15.2 Å². The number of para-hydroxylation sites is 1. The van der Waals surface area contributed by atoms with Crippen molar-refractivity contribution < 1.29 is 4.79 Å². The summed E-state index contributed by atoms with van der Waals surface area (Å²) in [5.41, 5.74) is 6.46. The van der Waals surface area contributed by atoms with Crippen LogP contribution in [-0.2, 0) is 0 Å². The molecule has 88 valence electrons. The first-order chi connectivity index (χ1) is 8.00. The van der Waals surface area contributed by atoms with Crippen LogP contribution in [0.15, 0.2) is 28.7 Å². The van der Waals surface area contributed by atoms with Crippen molar-refractivity contribution in [3.8, 4) is 0 Å². The summed E-state index contributed by atoms with van der Waals surface area (Å²) in [4.78, 5) is 12.7. The second kappa shape index (κ2) is 4.98. The second-order valence-corrected chi connectivity index (χ2v) is 6.18. The Morgan fingerprint density at radius 3 is 2.65 bits per heavy atom. The number of rotatable bonds is 2. The van der Waals surface area contributed by atoms with Gasteiger partial charge in [-0.2, -0.15) is 0 Å². The Kier molecular flexibility index (Phi) is 3.78. The summed E-state index contributed by atoms with van der Waals surface area (Å²) in [5.74, 6) is -0.178. The fourth-order valence-electron chi connectivity index (χ4n) is 1.33. The molecule has 0 radical (unpaired) electrons. The Morgan fingerprint density at radius 1 is 1.35 bits per heavy atom. The summed E-state index contributed by atoms with van der Waals surface area (Å²) in [7, 11) is 0. The number of nitrogen functional groups attached to an aromatic ring is 1. The summed E-state index contributed by atoms with van der Waals surface area (Å²) >= 11 is 16.2. The van der Waals surface area contributed by atoms with Gasteiger partial charge in [0, 0.05) is 10.0 Å². The molecule has 17 heavy (non-hydrogen) atoms. The molecule has 2 N–H and O–H groups in total. The lowest BCUT2D eigenvalue weighted by Gasteiger charge is -2.04. The van der Waals surface area contributed by atoms with Gasteiger partial charge in [0.2, 0.25) is 5.78 Å². The Hall–Kier alpha value is -0.550. The molecule has 6 heteroatoms. The van der Waals surface area contributed by atoms with E-state index in [4.69, 9.17) is 28.9 Å². The minimum absolute atomic E-state index is 0.178. The molecule has 0 aliphatic heterocycles. The molecular formula is C11H6BrCl2NOS. The lowest BCUT2D eigenvalue weighted by molar-refractivity contribution is 0.104. The van der Waals surface area contributed by atoms with Crippen LogP contribution in [0.5, 0.6) is 0 Å². The van der Waals surface area contributed by atoms with Crippen molar-refractivity contribution in [1.82, 2.24) is 0 Å². The molecule has 1 aromatic heterocycles. The number of carbonyl (C=O) groups excluding carboxylic acids is 1. The van der Waals surface area contributed by atoms with Gasteiger partial charge in [0.1, 0.15) is 4.34 Å². The fourth-order valence-corrected chi connectivity index (χ4v) is 3.16. The highest BCUT2D eigenvalue weighted by atomic mass is 79.9. The van der Waals surface area contributed by atoms with Crippen molar-refractivity contribution in [3.63, 3.8) is 0 Å². The first-order valence-electron chi connectivity index (χ1n) is 4.54. The first kappa shape index (κ1) is 12.9. The second-order valence-electron chi connectivity index (χ2n) is 3.26. The highest BCUT2D eigenvalue weighted by molar-refractivity contribution is 9.10. The number of benzene rings is 1. The maximum absolute atomic E-state index is 12.2. The van der Waals surface area contributed by atoms with Crippen molar-refractivity contribution in [3.05, 3.63) is 48.5 Å². The number of ketones is 1. The van der Waals surface area contributed by atoms with E-state index in [0.717, 1.165) is 0 Å². The third-order valence-electron chi connectivity index (χ3n) is 2.17. The van der Waals surface area contributed by atoms with Gasteiger partial charge >= 0.3 is 0 Å². The molecule has 2 nitrogen and oxygen atoms in total. The molecule has 0 saturated carbocycles. The van der Waals surface area contributed by atoms with Crippen LogP contribution in [0.4, 0.5) is 5.69 Å². The zero-order valence-electron chi connectivity index (χ0n) is 8.34. The number of nitrogens with two attached hydrogens (primary N) is 1. The van der Waals surface area contributed by atoms with Crippen LogP contribution < -0.4 is 5.73 Å². The molecular weight excluding hydrogens is 345 g/mol. The van der Waals surface area contributed by atoms with Crippen molar-refractivity contribution >= 4 is 61.9 Å². The minimum Gasteiger partial charge on any atom is -0.397 e. The fraction of sp³-hybridized carbons (Fsp3) is 0. The molecule has 0 saturated heterocycles. The highest BCUT2D eigenvalue weighted by Gasteiger charge is 2.17. The van der Waals surface area contributed by atoms with Crippen LogP contribution in [-0.4, -0.2) is 5.78 Å². The summed E-state index contributed by atoms with van der Waals surface area (Å²) in [6.07, 6.45) is 0. The van der Waals surface area contributed by atoms with Gasteiger partial charge < -0.3 is 5.73 Å². The van der Waals surface area contributed by atoms with E-state index >= 15 is 0 Å². The maximum Gasteiger partial charge on any atom is 0.205 e. The van der Waals surface area contributed by atoms with Gasteiger partial charge in [-0.25, -0.2) is 0 Å². The van der Waals surface area contributed by atoms with Crippen molar-refractivity contribution in [2.45, 2.75) is 0 Å². The van der Waals surface area contributed by atoms with Gasteiger partial charge in [-0.05, 0) is 34.1 Å². The van der Waals surface area contributed by atoms with E-state index in [-0.39, 0.29) is 5.78 Å². The lowest BCUT2D eigenvalue weighted by atomic mass is 10.1. The number of thiophene rings is 1. The molecule has 0 atom stereocenters. The van der Waals surface area contributed by atoms with Gasteiger partial charge in [0.15, 0.2) is 0 Å². The van der Waals surface area contributed by atoms with Gasteiger partial charge in [-0.3, -0.25) is 4.79 Å². The van der Waals surface area contributed by atoms with Crippen molar-refractivity contribution in [2.24, 2.45) is 0 Å². The topological polar surface area (TPSA) is 43.1 Å². The maximum atomic E-state index is 12.2. The average Bonchev–Trinajstić information content (AvgIpc) is 2.62. The summed E-state index contributed by atoms with van der Waals surface area (Å²) < 4.78 is 1.24. The molecule has 0 aliphatic rings. The van der Waals surface area contributed by atoms with Crippen molar-refractivity contribution in [2.75, 3.05) is 5.73 Å². The van der Waals surface area contributed by atoms with E-state index in [1.54, 1.807) is 24.3 Å². The van der Waals surface area contributed by atoms with E-state index in [0.29, 0.717) is 30.0 Å². The Bertz CT molecular complexity index is 578. The van der Waals surface area contributed by atoms with Crippen LogP contribution in [0.3, 0.4) is 0 Å². The number of hydrogen-bond donors (Lipinski definition) is 1. The quantitative estimate of drug-likeness (QED) is 0.633. The van der Waals surface area contributed by atoms with Crippen LogP contribution in [0.25, 0.3) is 0 Å². The highest BCUT2D eigenvalue weighted by Crippen LogP contribution is 2.34. The van der Waals surface area contributed by atoms with Crippen LogP contribution in [0, 0.1) is 0 Å². The zero-order chi connectivity index (χ0) is 12.6. The van der Waals surface area contributed by atoms with E-state index in [1.807, 2.05) is 0 Å². The predicted octanol–water partition coefficient (Wildman–Crippen LogP) is 4.63. The SMILES string of the molecule is Nc1c(Cl)cccc1C(=O)c1cc(Br)c(Cl)s1. The number of anilines is 1. The summed E-state index contributed by atoms with van der Waals surface area (Å²) in [6.45, 7) is 0.